The van der Waals surface area contributed by atoms with Crippen molar-refractivity contribution in [2.45, 2.75) is 0 Å². The normalized spacial score (nSPS) is 11.4. The quantitative estimate of drug-likeness (QED) is 0.189. The van der Waals surface area contributed by atoms with Crippen molar-refractivity contribution in [3.05, 3.63) is 181 Å². The smallest absolute Gasteiger partial charge is 0.101 e. The highest BCUT2D eigenvalue weighted by molar-refractivity contribution is 6.21. The molecule has 0 saturated carbocycles. The van der Waals surface area contributed by atoms with Crippen LogP contribution in [0.2, 0.25) is 0 Å². The average Bonchev–Trinajstić information content (AvgIpc) is 3.73. The van der Waals surface area contributed by atoms with Crippen LogP contribution < -0.4 is 0 Å². The van der Waals surface area contributed by atoms with E-state index in [1.165, 1.54) is 10.8 Å². The van der Waals surface area contributed by atoms with Gasteiger partial charge >= 0.3 is 0 Å². The van der Waals surface area contributed by atoms with E-state index in [0.717, 1.165) is 77.2 Å². The monoisotopic (exact) mass is 660 g/mol. The number of aromatic nitrogens is 2. The second-order valence-electron chi connectivity index (χ2n) is 13.2. The van der Waals surface area contributed by atoms with E-state index in [0.29, 0.717) is 11.1 Å². The number of nitriles is 2. The Balaban J connectivity index is 1.35. The minimum absolute atomic E-state index is 0.337. The maximum absolute atomic E-state index is 10.4. The van der Waals surface area contributed by atoms with Gasteiger partial charge in [-0.3, -0.25) is 0 Å². The van der Waals surface area contributed by atoms with Crippen molar-refractivity contribution in [3.63, 3.8) is 0 Å². The first-order valence-electron chi connectivity index (χ1n) is 17.3. The lowest BCUT2D eigenvalue weighted by Gasteiger charge is -2.18. The lowest BCUT2D eigenvalue weighted by atomic mass is 10.0. The van der Waals surface area contributed by atoms with E-state index in [4.69, 9.17) is 0 Å². The minimum atomic E-state index is 0.337. The molecule has 4 heteroatoms. The van der Waals surface area contributed by atoms with Crippen molar-refractivity contribution in [2.75, 3.05) is 0 Å². The topological polar surface area (TPSA) is 57.4 Å². The van der Waals surface area contributed by atoms with E-state index < -0.39 is 0 Å². The standard InChI is InChI=1S/C48H28N4/c49-29-36-27-46(47(28-37(36)30-50)52-42-18-10-9-17-39(42)48-38-16-8-7-15-33(38)19-24-45(48)52)51-43-22-20-34(31-11-3-1-4-12-31)25-40(43)41-26-35(21-23-44(41)51)32-13-5-2-6-14-32/h1-28H. The van der Waals surface area contributed by atoms with Crippen LogP contribution in [0.5, 0.6) is 0 Å². The summed E-state index contributed by atoms with van der Waals surface area (Å²) in [5.74, 6) is 0. The number of rotatable bonds is 4. The maximum atomic E-state index is 10.4. The summed E-state index contributed by atoms with van der Waals surface area (Å²) in [7, 11) is 0. The third-order valence-corrected chi connectivity index (χ3v) is 10.4. The molecule has 0 spiro atoms. The summed E-state index contributed by atoms with van der Waals surface area (Å²) in [5.41, 5.74) is 11.0. The molecule has 0 fully saturated rings. The molecule has 240 valence electrons. The second kappa shape index (κ2) is 11.6. The molecule has 0 saturated heterocycles. The molecule has 10 rings (SSSR count). The number of hydrogen-bond donors (Lipinski definition) is 0. The molecule has 8 aromatic carbocycles. The van der Waals surface area contributed by atoms with Gasteiger partial charge in [-0.05, 0) is 81.6 Å². The van der Waals surface area contributed by atoms with E-state index in [2.05, 4.69) is 167 Å². The molecule has 0 radical (unpaired) electrons. The van der Waals surface area contributed by atoms with Crippen molar-refractivity contribution in [1.82, 2.24) is 9.13 Å². The Morgan fingerprint density at radius 2 is 0.808 bits per heavy atom. The SMILES string of the molecule is N#Cc1cc(-n2c3ccc(-c4ccccc4)cc3c3cc(-c4ccccc4)ccc32)c(-n2c3ccccc3c3c4ccccc4ccc32)cc1C#N. The Labute approximate surface area is 299 Å². The number of hydrogen-bond acceptors (Lipinski definition) is 2. The number of para-hydroxylation sites is 1. The first-order chi connectivity index (χ1) is 25.7. The van der Waals surface area contributed by atoms with Gasteiger partial charge in [-0.15, -0.1) is 0 Å². The lowest BCUT2D eigenvalue weighted by molar-refractivity contribution is 1.09. The van der Waals surface area contributed by atoms with Gasteiger partial charge in [0.15, 0.2) is 0 Å². The molecule has 4 nitrogen and oxygen atoms in total. The summed E-state index contributed by atoms with van der Waals surface area (Å²) in [5, 5.41) is 27.6. The summed E-state index contributed by atoms with van der Waals surface area (Å²) in [4.78, 5) is 0. The highest BCUT2D eigenvalue weighted by Gasteiger charge is 2.23. The number of nitrogens with zero attached hydrogens (tertiary/aromatic N) is 4. The Kier molecular flexibility index (Phi) is 6.58. The fraction of sp³-hybridized carbons (Fsp3) is 0. The van der Waals surface area contributed by atoms with Gasteiger partial charge in [-0.2, -0.15) is 10.5 Å². The Morgan fingerprint density at radius 3 is 1.38 bits per heavy atom. The zero-order valence-electron chi connectivity index (χ0n) is 28.0. The van der Waals surface area contributed by atoms with Crippen LogP contribution in [-0.4, -0.2) is 9.13 Å². The highest BCUT2D eigenvalue weighted by atomic mass is 15.1. The minimum Gasteiger partial charge on any atom is -0.307 e. The van der Waals surface area contributed by atoms with E-state index in [9.17, 15) is 10.5 Å². The summed E-state index contributed by atoms with van der Waals surface area (Å²) < 4.78 is 4.54. The molecule has 0 amide bonds. The first kappa shape index (κ1) is 29.5. The van der Waals surface area contributed by atoms with Gasteiger partial charge in [0.1, 0.15) is 12.1 Å². The molecule has 0 aliphatic carbocycles. The van der Waals surface area contributed by atoms with E-state index in [1.54, 1.807) is 0 Å². The van der Waals surface area contributed by atoms with Crippen LogP contribution in [0.15, 0.2) is 170 Å². The molecular formula is C48H28N4. The van der Waals surface area contributed by atoms with E-state index in [-0.39, 0.29) is 0 Å². The first-order valence-corrected chi connectivity index (χ1v) is 17.3. The van der Waals surface area contributed by atoms with Crippen molar-refractivity contribution in [1.29, 1.82) is 10.5 Å². The molecule has 0 aliphatic heterocycles. The zero-order valence-corrected chi connectivity index (χ0v) is 28.0. The largest absolute Gasteiger partial charge is 0.307 e. The van der Waals surface area contributed by atoms with Gasteiger partial charge in [0.05, 0.1) is 44.6 Å². The fourth-order valence-corrected chi connectivity index (χ4v) is 8.02. The highest BCUT2D eigenvalue weighted by Crippen LogP contribution is 2.42. The van der Waals surface area contributed by atoms with E-state index in [1.807, 2.05) is 24.3 Å². The molecule has 0 aliphatic rings. The zero-order chi connectivity index (χ0) is 34.8. The molecule has 0 atom stereocenters. The Bertz CT molecular complexity index is 3040. The van der Waals surface area contributed by atoms with Crippen LogP contribution in [0.1, 0.15) is 11.1 Å². The molecule has 0 N–H and O–H groups in total. The lowest BCUT2D eigenvalue weighted by Crippen LogP contribution is -2.05. The molecule has 0 bridgehead atoms. The molecular weight excluding hydrogens is 633 g/mol. The summed E-state index contributed by atoms with van der Waals surface area (Å²) >= 11 is 0. The van der Waals surface area contributed by atoms with Crippen molar-refractivity contribution < 1.29 is 0 Å². The maximum Gasteiger partial charge on any atom is 0.101 e. The fourth-order valence-electron chi connectivity index (χ4n) is 8.02. The molecule has 2 heterocycles. The Hall–Kier alpha value is -7.40. The van der Waals surface area contributed by atoms with Gasteiger partial charge < -0.3 is 9.13 Å². The van der Waals surface area contributed by atoms with Crippen LogP contribution in [0.3, 0.4) is 0 Å². The van der Waals surface area contributed by atoms with Crippen molar-refractivity contribution in [3.8, 4) is 45.8 Å². The predicted octanol–water partition coefficient (Wildman–Crippen LogP) is 12.1. The molecule has 10 aromatic rings. The van der Waals surface area contributed by atoms with Crippen molar-refractivity contribution >= 4 is 54.4 Å². The van der Waals surface area contributed by atoms with Crippen LogP contribution >= 0.6 is 0 Å². The molecule has 2 aromatic heterocycles. The number of benzene rings is 8. The second-order valence-corrected chi connectivity index (χ2v) is 13.2. The van der Waals surface area contributed by atoms with E-state index >= 15 is 0 Å². The third kappa shape index (κ3) is 4.39. The molecule has 0 unspecified atom stereocenters. The summed E-state index contributed by atoms with van der Waals surface area (Å²) in [6.07, 6.45) is 0. The number of fused-ring (bicyclic) bond motifs is 8. The molecule has 52 heavy (non-hydrogen) atoms. The van der Waals surface area contributed by atoms with Gasteiger partial charge in [0.2, 0.25) is 0 Å². The Morgan fingerprint density at radius 1 is 0.346 bits per heavy atom. The summed E-state index contributed by atoms with van der Waals surface area (Å²) in [6.45, 7) is 0. The summed E-state index contributed by atoms with van der Waals surface area (Å²) in [6, 6.07) is 63.9. The van der Waals surface area contributed by atoms with Gasteiger partial charge in [0.25, 0.3) is 0 Å². The van der Waals surface area contributed by atoms with Crippen LogP contribution in [0.4, 0.5) is 0 Å². The van der Waals surface area contributed by atoms with Crippen molar-refractivity contribution in [2.24, 2.45) is 0 Å². The van der Waals surface area contributed by atoms with Crippen LogP contribution in [0.25, 0.3) is 88.0 Å². The van der Waals surface area contributed by atoms with Crippen LogP contribution in [0, 0.1) is 22.7 Å². The van der Waals surface area contributed by atoms with Gasteiger partial charge in [-0.25, -0.2) is 0 Å². The van der Waals surface area contributed by atoms with Crippen LogP contribution in [-0.2, 0) is 0 Å². The average molecular weight is 661 g/mol. The van der Waals surface area contributed by atoms with Gasteiger partial charge in [-0.1, -0.05) is 121 Å². The predicted molar refractivity (Wildman–Crippen MR) is 213 cm³/mol. The third-order valence-electron chi connectivity index (χ3n) is 10.4. The van der Waals surface area contributed by atoms with Gasteiger partial charge in [0, 0.05) is 21.5 Å².